The summed E-state index contributed by atoms with van der Waals surface area (Å²) in [5.41, 5.74) is 0.349. The van der Waals surface area contributed by atoms with Gasteiger partial charge in [-0.25, -0.2) is 9.57 Å². The van der Waals surface area contributed by atoms with Crippen molar-refractivity contribution in [3.8, 4) is 5.75 Å². The number of phosphoric ester groups is 1. The first-order chi connectivity index (χ1) is 19.0. The number of nitrogens with zero attached hydrogens (tertiary/aromatic N) is 2. The Hall–Kier alpha value is -3.48. The molecule has 0 aromatic heterocycles. The Morgan fingerprint density at radius 1 is 1.12 bits per heavy atom. The van der Waals surface area contributed by atoms with E-state index in [9.17, 15) is 28.5 Å². The quantitative estimate of drug-likeness (QED) is 0.251. The third-order valence-electron chi connectivity index (χ3n) is 6.56. The van der Waals surface area contributed by atoms with Crippen LogP contribution in [-0.2, 0) is 35.0 Å². The molecule has 0 bridgehead atoms. The van der Waals surface area contributed by atoms with Crippen molar-refractivity contribution in [2.75, 3.05) is 13.1 Å². The molecule has 5 N–H and O–H groups in total. The van der Waals surface area contributed by atoms with Gasteiger partial charge in [-0.05, 0) is 42.4 Å². The lowest BCUT2D eigenvalue weighted by Gasteiger charge is -2.43. The van der Waals surface area contributed by atoms with Crippen LogP contribution in [0.1, 0.15) is 58.9 Å². The van der Waals surface area contributed by atoms with Crippen LogP contribution in [0, 0.1) is 5.41 Å². The molecule has 2 heterocycles. The molecular weight excluding hydrogens is 557 g/mol. The fourth-order valence-corrected chi connectivity index (χ4v) is 5.06. The van der Waals surface area contributed by atoms with Gasteiger partial charge in [0.05, 0.1) is 0 Å². The molecule has 0 radical (unpaired) electrons. The molecule has 15 heteroatoms. The molecule has 5 amide bonds. The molecule has 2 aliphatic heterocycles. The molecule has 226 valence electrons. The first-order valence-electron chi connectivity index (χ1n) is 13.4. The van der Waals surface area contributed by atoms with E-state index in [0.717, 1.165) is 0 Å². The molecule has 2 fully saturated rings. The number of rotatable bonds is 9. The standard InChI is InChI=1S/C26H38N5O9P/c1-16(32)28-20(14-17-7-9-18(10-8-17)40-41(37,38)39)23(34)29-19-11-12-22(33)30-13-5-6-21(31(30)25(19)36)24(35)27-15-26(2,3)4/h7-10,19-21H,5-6,11-15H2,1-4H3,(H,27,35)(H,28,32)(H,29,34)(H2,37,38,39)/t19-,20-,21-/m0/s1. The molecule has 2 saturated heterocycles. The monoisotopic (exact) mass is 595 g/mol. The number of amides is 5. The minimum absolute atomic E-state index is 0.00484. The van der Waals surface area contributed by atoms with E-state index in [1.807, 2.05) is 20.8 Å². The van der Waals surface area contributed by atoms with E-state index in [4.69, 9.17) is 9.79 Å². The topological polar surface area (TPSA) is 195 Å². The van der Waals surface area contributed by atoms with Gasteiger partial charge in [-0.3, -0.25) is 38.8 Å². The molecule has 3 rings (SSSR count). The van der Waals surface area contributed by atoms with Gasteiger partial charge in [-0.2, -0.15) is 0 Å². The van der Waals surface area contributed by atoms with Crippen molar-refractivity contribution in [2.45, 2.75) is 77.9 Å². The Labute approximate surface area is 238 Å². The maximum Gasteiger partial charge on any atom is 0.524 e. The fraction of sp³-hybridized carbons (Fsp3) is 0.577. The van der Waals surface area contributed by atoms with Gasteiger partial charge in [0, 0.05) is 32.9 Å². The SMILES string of the molecule is CC(=O)N[C@@H](Cc1ccc(OP(=O)(O)O)cc1)C(=O)N[C@H]1CCC(=O)N2CCC[C@@H](C(=O)NCC(C)(C)C)N2C1=O. The summed E-state index contributed by atoms with van der Waals surface area (Å²) in [7, 11) is -4.74. The van der Waals surface area contributed by atoms with Crippen LogP contribution < -0.4 is 20.5 Å². The Morgan fingerprint density at radius 3 is 2.37 bits per heavy atom. The summed E-state index contributed by atoms with van der Waals surface area (Å²) in [6.07, 6.45) is 0.906. The van der Waals surface area contributed by atoms with Crippen LogP contribution in [0.5, 0.6) is 5.75 Å². The Kier molecular flexibility index (Phi) is 10.2. The summed E-state index contributed by atoms with van der Waals surface area (Å²) < 4.78 is 15.6. The largest absolute Gasteiger partial charge is 0.524 e. The minimum atomic E-state index is -4.74. The summed E-state index contributed by atoms with van der Waals surface area (Å²) in [6.45, 7) is 7.78. The Balaban J connectivity index is 1.77. The van der Waals surface area contributed by atoms with E-state index in [2.05, 4.69) is 20.5 Å². The van der Waals surface area contributed by atoms with E-state index >= 15 is 0 Å². The van der Waals surface area contributed by atoms with Crippen molar-refractivity contribution in [1.29, 1.82) is 0 Å². The Bertz CT molecular complexity index is 1210. The van der Waals surface area contributed by atoms with Gasteiger partial charge < -0.3 is 20.5 Å². The zero-order valence-corrected chi connectivity index (χ0v) is 24.5. The highest BCUT2D eigenvalue weighted by molar-refractivity contribution is 7.46. The van der Waals surface area contributed by atoms with Crippen LogP contribution >= 0.6 is 7.82 Å². The number of carbonyl (C=O) groups excluding carboxylic acids is 5. The Morgan fingerprint density at radius 2 is 1.78 bits per heavy atom. The molecule has 0 aliphatic carbocycles. The van der Waals surface area contributed by atoms with Crippen molar-refractivity contribution in [1.82, 2.24) is 26.0 Å². The molecule has 0 unspecified atom stereocenters. The van der Waals surface area contributed by atoms with Gasteiger partial charge in [-0.15, -0.1) is 0 Å². The van der Waals surface area contributed by atoms with Gasteiger partial charge in [0.25, 0.3) is 5.91 Å². The van der Waals surface area contributed by atoms with Crippen molar-refractivity contribution < 1.29 is 42.8 Å². The van der Waals surface area contributed by atoms with Crippen LogP contribution in [0.15, 0.2) is 24.3 Å². The number of benzene rings is 1. The zero-order chi connectivity index (χ0) is 30.5. The number of hydrogen-bond acceptors (Lipinski definition) is 7. The molecule has 0 saturated carbocycles. The highest BCUT2D eigenvalue weighted by Gasteiger charge is 2.45. The minimum Gasteiger partial charge on any atom is -0.404 e. The molecule has 3 atom stereocenters. The van der Waals surface area contributed by atoms with E-state index in [1.54, 1.807) is 0 Å². The van der Waals surface area contributed by atoms with Crippen molar-refractivity contribution in [2.24, 2.45) is 5.41 Å². The third kappa shape index (κ3) is 9.27. The maximum absolute atomic E-state index is 13.7. The predicted molar refractivity (Wildman–Crippen MR) is 146 cm³/mol. The van der Waals surface area contributed by atoms with Crippen LogP contribution in [0.25, 0.3) is 0 Å². The molecule has 0 spiro atoms. The van der Waals surface area contributed by atoms with E-state index in [0.29, 0.717) is 24.9 Å². The lowest BCUT2D eigenvalue weighted by molar-refractivity contribution is -0.176. The normalized spacial score (nSPS) is 20.4. The average Bonchev–Trinajstić information content (AvgIpc) is 2.98. The first kappa shape index (κ1) is 32.0. The summed E-state index contributed by atoms with van der Waals surface area (Å²) in [4.78, 5) is 82.9. The van der Waals surface area contributed by atoms with E-state index in [-0.39, 0.29) is 48.8 Å². The third-order valence-corrected chi connectivity index (χ3v) is 7.00. The van der Waals surface area contributed by atoms with Crippen LogP contribution in [0.3, 0.4) is 0 Å². The molecule has 2 aliphatic rings. The summed E-state index contributed by atoms with van der Waals surface area (Å²) >= 11 is 0. The number of nitrogens with one attached hydrogen (secondary N) is 3. The lowest BCUT2D eigenvalue weighted by atomic mass is 9.96. The molecule has 41 heavy (non-hydrogen) atoms. The molecule has 1 aromatic rings. The molecular formula is C26H38N5O9P. The number of phosphoric acid groups is 1. The number of carbonyl (C=O) groups is 5. The smallest absolute Gasteiger partial charge is 0.404 e. The summed E-state index contributed by atoms with van der Waals surface area (Å²) in [5.74, 6) is -2.52. The second-order valence-corrected chi connectivity index (χ2v) is 12.6. The first-order valence-corrected chi connectivity index (χ1v) is 14.9. The van der Waals surface area contributed by atoms with Gasteiger partial charge >= 0.3 is 7.82 Å². The second kappa shape index (κ2) is 13.0. The summed E-state index contributed by atoms with van der Waals surface area (Å²) in [6, 6.07) is 2.48. The number of fused-ring (bicyclic) bond motifs is 1. The summed E-state index contributed by atoms with van der Waals surface area (Å²) in [5, 5.41) is 10.5. The highest BCUT2D eigenvalue weighted by Crippen LogP contribution is 2.37. The second-order valence-electron chi connectivity index (χ2n) is 11.4. The highest BCUT2D eigenvalue weighted by atomic mass is 31.2. The van der Waals surface area contributed by atoms with Crippen molar-refractivity contribution in [3.05, 3.63) is 29.8 Å². The van der Waals surface area contributed by atoms with Crippen LogP contribution in [0.4, 0.5) is 0 Å². The fourth-order valence-electron chi connectivity index (χ4n) is 4.66. The van der Waals surface area contributed by atoms with Crippen molar-refractivity contribution in [3.63, 3.8) is 0 Å². The lowest BCUT2D eigenvalue weighted by Crippen LogP contribution is -2.64. The number of hydrogen-bond donors (Lipinski definition) is 5. The zero-order valence-electron chi connectivity index (χ0n) is 23.6. The molecule has 1 aromatic carbocycles. The van der Waals surface area contributed by atoms with E-state index < -0.39 is 43.7 Å². The maximum atomic E-state index is 13.7. The van der Waals surface area contributed by atoms with Gasteiger partial charge in [0.2, 0.25) is 23.6 Å². The molecule has 14 nitrogen and oxygen atoms in total. The van der Waals surface area contributed by atoms with Crippen molar-refractivity contribution >= 4 is 37.4 Å². The van der Waals surface area contributed by atoms with E-state index in [1.165, 1.54) is 41.2 Å². The number of hydrazine groups is 1. The average molecular weight is 596 g/mol. The van der Waals surface area contributed by atoms with Gasteiger partial charge in [0.15, 0.2) is 0 Å². The van der Waals surface area contributed by atoms with Crippen LogP contribution in [0.2, 0.25) is 0 Å². The van der Waals surface area contributed by atoms with Gasteiger partial charge in [0.1, 0.15) is 23.9 Å². The van der Waals surface area contributed by atoms with Gasteiger partial charge in [-0.1, -0.05) is 32.9 Å². The van der Waals surface area contributed by atoms with Crippen LogP contribution in [-0.4, -0.2) is 80.6 Å². The predicted octanol–water partition coefficient (Wildman–Crippen LogP) is 0.381.